The van der Waals surface area contributed by atoms with Gasteiger partial charge in [-0.3, -0.25) is 4.31 Å². The maximum atomic E-state index is 13.3. The molecule has 0 amide bonds. The van der Waals surface area contributed by atoms with Crippen LogP contribution in [0.25, 0.3) is 0 Å². The monoisotopic (exact) mass is 359 g/mol. The van der Waals surface area contributed by atoms with E-state index in [1.165, 1.54) is 4.31 Å². The number of nitrogens with zero attached hydrogens (tertiary/aromatic N) is 1. The van der Waals surface area contributed by atoms with Crippen molar-refractivity contribution in [1.82, 2.24) is 0 Å². The average molecular weight is 359 g/mol. The van der Waals surface area contributed by atoms with E-state index in [0.29, 0.717) is 18.0 Å². The zero-order chi connectivity index (χ0) is 18.2. The molecule has 5 heteroatoms. The molecule has 0 aromatic heterocycles. The molecule has 0 radical (unpaired) electrons. The molecule has 2 aromatic rings. The number of fused-ring (bicyclic) bond motifs is 1. The van der Waals surface area contributed by atoms with Gasteiger partial charge in [-0.25, -0.2) is 8.42 Å². The first kappa shape index (κ1) is 17.8. The summed E-state index contributed by atoms with van der Waals surface area (Å²) in [4.78, 5) is 0.372. The number of rotatable bonds is 5. The summed E-state index contributed by atoms with van der Waals surface area (Å²) in [5.74, 6) is 0.956. The van der Waals surface area contributed by atoms with Crippen molar-refractivity contribution in [2.75, 3.05) is 17.5 Å². The van der Waals surface area contributed by atoms with Crippen LogP contribution in [0.1, 0.15) is 43.4 Å². The summed E-state index contributed by atoms with van der Waals surface area (Å²) in [6, 6.07) is 11.4. The number of hydrogen-bond acceptors (Lipinski definition) is 3. The van der Waals surface area contributed by atoms with Crippen LogP contribution < -0.4 is 9.04 Å². The summed E-state index contributed by atoms with van der Waals surface area (Å²) in [6.45, 7) is 8.92. The molecule has 4 nitrogen and oxygen atoms in total. The molecule has 0 unspecified atom stereocenters. The summed E-state index contributed by atoms with van der Waals surface area (Å²) >= 11 is 0. The third-order valence-electron chi connectivity index (χ3n) is 4.64. The highest BCUT2D eigenvalue weighted by atomic mass is 32.2. The maximum absolute atomic E-state index is 13.3. The summed E-state index contributed by atoms with van der Waals surface area (Å²) < 4.78 is 34.0. The molecule has 0 bridgehead atoms. The molecule has 0 atom stereocenters. The molecule has 2 aromatic carbocycles. The van der Waals surface area contributed by atoms with Gasteiger partial charge in [0.05, 0.1) is 17.2 Å². The number of benzene rings is 2. The number of hydrogen-bond donors (Lipinski definition) is 0. The van der Waals surface area contributed by atoms with E-state index in [2.05, 4.69) is 13.8 Å². The van der Waals surface area contributed by atoms with Gasteiger partial charge in [-0.1, -0.05) is 32.0 Å². The normalized spacial score (nSPS) is 14.0. The second-order valence-electron chi connectivity index (χ2n) is 6.70. The van der Waals surface area contributed by atoms with Crippen LogP contribution in [0.15, 0.2) is 41.3 Å². The Morgan fingerprint density at radius 3 is 2.60 bits per heavy atom. The van der Waals surface area contributed by atoms with E-state index in [4.69, 9.17) is 4.74 Å². The lowest BCUT2D eigenvalue weighted by Gasteiger charge is -2.23. The van der Waals surface area contributed by atoms with Crippen molar-refractivity contribution in [2.24, 2.45) is 0 Å². The van der Waals surface area contributed by atoms with Crippen LogP contribution in [-0.2, 0) is 16.4 Å². The van der Waals surface area contributed by atoms with Gasteiger partial charge in [-0.15, -0.1) is 0 Å². The van der Waals surface area contributed by atoms with Crippen molar-refractivity contribution < 1.29 is 13.2 Å². The quantitative estimate of drug-likeness (QED) is 0.801. The Kier molecular flexibility index (Phi) is 4.78. The molecule has 0 aliphatic carbocycles. The number of para-hydroxylation sites is 1. The smallest absolute Gasteiger partial charge is 0.264 e. The molecular weight excluding hydrogens is 334 g/mol. The predicted molar refractivity (Wildman–Crippen MR) is 101 cm³/mol. The highest BCUT2D eigenvalue weighted by Crippen LogP contribution is 2.37. The Bertz CT molecular complexity index is 888. The first-order valence-corrected chi connectivity index (χ1v) is 10.2. The molecule has 25 heavy (non-hydrogen) atoms. The standard InChI is InChI=1S/C20H25NO3S/c1-5-24-19-12-15(4)20(13-17(19)14(2)3)25(22,23)21-11-10-16-8-6-7-9-18(16)21/h6-9,12-14H,5,10-11H2,1-4H3. The molecule has 0 fully saturated rings. The van der Waals surface area contributed by atoms with Gasteiger partial charge in [-0.2, -0.15) is 0 Å². The van der Waals surface area contributed by atoms with Crippen molar-refractivity contribution >= 4 is 15.7 Å². The number of aryl methyl sites for hydroxylation is 1. The van der Waals surface area contributed by atoms with Gasteiger partial charge in [0.1, 0.15) is 5.75 Å². The Balaban J connectivity index is 2.11. The lowest BCUT2D eigenvalue weighted by atomic mass is 10.0. The Morgan fingerprint density at radius 2 is 1.92 bits per heavy atom. The molecule has 1 aliphatic rings. The van der Waals surface area contributed by atoms with Crippen LogP contribution in [0.5, 0.6) is 5.75 Å². The highest BCUT2D eigenvalue weighted by Gasteiger charge is 2.32. The topological polar surface area (TPSA) is 46.6 Å². The minimum Gasteiger partial charge on any atom is -0.494 e. The lowest BCUT2D eigenvalue weighted by molar-refractivity contribution is 0.334. The molecule has 3 rings (SSSR count). The first-order chi connectivity index (χ1) is 11.9. The number of anilines is 1. The van der Waals surface area contributed by atoms with E-state index in [0.717, 1.165) is 34.5 Å². The zero-order valence-corrected chi connectivity index (χ0v) is 16.1. The van der Waals surface area contributed by atoms with E-state index >= 15 is 0 Å². The second-order valence-corrected chi connectivity index (χ2v) is 8.53. The largest absolute Gasteiger partial charge is 0.494 e. The summed E-state index contributed by atoms with van der Waals surface area (Å²) in [6.07, 6.45) is 0.752. The van der Waals surface area contributed by atoms with Gasteiger partial charge in [0.25, 0.3) is 10.0 Å². The fourth-order valence-electron chi connectivity index (χ4n) is 3.36. The van der Waals surface area contributed by atoms with Gasteiger partial charge in [0.15, 0.2) is 0 Å². The SMILES string of the molecule is CCOc1cc(C)c(S(=O)(=O)N2CCc3ccccc32)cc1C(C)C. The molecular formula is C20H25NO3S. The van der Waals surface area contributed by atoms with Crippen molar-refractivity contribution in [3.8, 4) is 5.75 Å². The number of sulfonamides is 1. The summed E-state index contributed by atoms with van der Waals surface area (Å²) in [7, 11) is -3.59. The Labute approximate surface area is 150 Å². The summed E-state index contributed by atoms with van der Waals surface area (Å²) in [5, 5.41) is 0. The van der Waals surface area contributed by atoms with Crippen molar-refractivity contribution in [3.63, 3.8) is 0 Å². The molecule has 0 spiro atoms. The third-order valence-corrected chi connectivity index (χ3v) is 6.60. The van der Waals surface area contributed by atoms with Gasteiger partial charge in [0, 0.05) is 6.54 Å². The van der Waals surface area contributed by atoms with Gasteiger partial charge in [-0.05, 0) is 61.1 Å². The maximum Gasteiger partial charge on any atom is 0.264 e. The summed E-state index contributed by atoms with van der Waals surface area (Å²) in [5.41, 5.74) is 3.52. The fourth-order valence-corrected chi connectivity index (χ4v) is 5.11. The minimum absolute atomic E-state index is 0.182. The fraction of sp³-hybridized carbons (Fsp3) is 0.400. The molecule has 0 N–H and O–H groups in total. The van der Waals surface area contributed by atoms with Crippen molar-refractivity contribution in [2.45, 2.75) is 44.9 Å². The van der Waals surface area contributed by atoms with Crippen LogP contribution in [-0.4, -0.2) is 21.6 Å². The average Bonchev–Trinajstić information content (AvgIpc) is 2.99. The lowest BCUT2D eigenvalue weighted by Crippen LogP contribution is -2.29. The van der Waals surface area contributed by atoms with Crippen LogP contribution >= 0.6 is 0 Å². The van der Waals surface area contributed by atoms with Crippen LogP contribution in [0.4, 0.5) is 5.69 Å². The van der Waals surface area contributed by atoms with E-state index in [1.807, 2.05) is 44.2 Å². The van der Waals surface area contributed by atoms with Crippen molar-refractivity contribution in [3.05, 3.63) is 53.1 Å². The highest BCUT2D eigenvalue weighted by molar-refractivity contribution is 7.93. The van der Waals surface area contributed by atoms with Crippen LogP contribution in [0.3, 0.4) is 0 Å². The van der Waals surface area contributed by atoms with Gasteiger partial charge >= 0.3 is 0 Å². The predicted octanol–water partition coefficient (Wildman–Crippen LogP) is 4.27. The molecule has 134 valence electrons. The van der Waals surface area contributed by atoms with Crippen LogP contribution in [0.2, 0.25) is 0 Å². The van der Waals surface area contributed by atoms with Gasteiger partial charge < -0.3 is 4.74 Å². The molecule has 1 aliphatic heterocycles. The number of ether oxygens (including phenoxy) is 1. The zero-order valence-electron chi connectivity index (χ0n) is 15.2. The Hall–Kier alpha value is -2.01. The van der Waals surface area contributed by atoms with E-state index in [9.17, 15) is 8.42 Å². The third kappa shape index (κ3) is 3.13. The van der Waals surface area contributed by atoms with Gasteiger partial charge in [0.2, 0.25) is 0 Å². The molecule has 0 saturated heterocycles. The Morgan fingerprint density at radius 1 is 1.20 bits per heavy atom. The molecule has 1 heterocycles. The van der Waals surface area contributed by atoms with Crippen LogP contribution in [0, 0.1) is 6.92 Å². The first-order valence-electron chi connectivity index (χ1n) is 8.74. The molecule has 0 saturated carbocycles. The second kappa shape index (κ2) is 6.71. The minimum atomic E-state index is -3.59. The van der Waals surface area contributed by atoms with E-state index in [-0.39, 0.29) is 5.92 Å². The van der Waals surface area contributed by atoms with E-state index in [1.54, 1.807) is 6.07 Å². The van der Waals surface area contributed by atoms with E-state index < -0.39 is 10.0 Å². The van der Waals surface area contributed by atoms with Crippen molar-refractivity contribution in [1.29, 1.82) is 0 Å².